The first-order chi connectivity index (χ1) is 12.7. The Morgan fingerprint density at radius 2 is 1.92 bits per heavy atom. The van der Waals surface area contributed by atoms with Crippen molar-refractivity contribution in [3.63, 3.8) is 0 Å². The standard InChI is InChI=1S/C19H20N4O3/c1-22-18-16(12-20-22)15(19(24)23-7-9-26-10-8-23)11-17(21-18)13-3-5-14(25-2)6-4-13/h3-6,11-12H,7-10H2,1-2H3. The molecule has 7 heteroatoms. The number of morpholine rings is 1. The third-order valence-electron chi connectivity index (χ3n) is 4.62. The Labute approximate surface area is 151 Å². The molecule has 134 valence electrons. The Morgan fingerprint density at radius 1 is 1.19 bits per heavy atom. The number of fused-ring (bicyclic) bond motifs is 1. The van der Waals surface area contributed by atoms with Gasteiger partial charge in [-0.3, -0.25) is 9.48 Å². The molecule has 3 heterocycles. The average Bonchev–Trinajstić information content (AvgIpc) is 3.08. The largest absolute Gasteiger partial charge is 0.497 e. The summed E-state index contributed by atoms with van der Waals surface area (Å²) in [5.41, 5.74) is 2.97. The third kappa shape index (κ3) is 2.90. The van der Waals surface area contributed by atoms with Gasteiger partial charge in [0.1, 0.15) is 5.75 Å². The van der Waals surface area contributed by atoms with E-state index < -0.39 is 0 Å². The van der Waals surface area contributed by atoms with Crippen LogP contribution in [0.5, 0.6) is 5.75 Å². The first-order valence-corrected chi connectivity index (χ1v) is 8.51. The number of nitrogens with zero attached hydrogens (tertiary/aromatic N) is 4. The van der Waals surface area contributed by atoms with E-state index >= 15 is 0 Å². The smallest absolute Gasteiger partial charge is 0.254 e. The molecule has 0 spiro atoms. The topological polar surface area (TPSA) is 69.5 Å². The van der Waals surface area contributed by atoms with Gasteiger partial charge in [0.05, 0.1) is 43.2 Å². The summed E-state index contributed by atoms with van der Waals surface area (Å²) in [5, 5.41) is 5.05. The molecule has 0 aliphatic carbocycles. The molecular weight excluding hydrogens is 332 g/mol. The first kappa shape index (κ1) is 16.5. The molecule has 0 bridgehead atoms. The zero-order chi connectivity index (χ0) is 18.1. The van der Waals surface area contributed by atoms with E-state index in [0.29, 0.717) is 37.5 Å². The van der Waals surface area contributed by atoms with Crippen molar-refractivity contribution in [2.75, 3.05) is 33.4 Å². The molecule has 1 amide bonds. The van der Waals surface area contributed by atoms with Crippen molar-refractivity contribution in [3.05, 3.63) is 42.1 Å². The summed E-state index contributed by atoms with van der Waals surface area (Å²) in [5.74, 6) is 0.767. The number of pyridine rings is 1. The number of aromatic nitrogens is 3. The molecule has 3 aromatic rings. The Kier molecular flexibility index (Phi) is 4.30. The van der Waals surface area contributed by atoms with E-state index in [0.717, 1.165) is 22.4 Å². The van der Waals surface area contributed by atoms with Gasteiger partial charge < -0.3 is 14.4 Å². The molecule has 1 aromatic carbocycles. The number of benzene rings is 1. The van der Waals surface area contributed by atoms with Crippen LogP contribution in [0.2, 0.25) is 0 Å². The summed E-state index contributed by atoms with van der Waals surface area (Å²) < 4.78 is 12.3. The van der Waals surface area contributed by atoms with Gasteiger partial charge in [-0.1, -0.05) is 0 Å². The van der Waals surface area contributed by atoms with Crippen molar-refractivity contribution >= 4 is 16.9 Å². The molecule has 0 radical (unpaired) electrons. The molecule has 1 aliphatic heterocycles. The lowest BCUT2D eigenvalue weighted by atomic mass is 10.1. The number of carbonyl (C=O) groups is 1. The lowest BCUT2D eigenvalue weighted by molar-refractivity contribution is 0.0304. The average molecular weight is 352 g/mol. The van der Waals surface area contributed by atoms with Crippen molar-refractivity contribution in [2.45, 2.75) is 0 Å². The molecule has 7 nitrogen and oxygen atoms in total. The molecule has 2 aromatic heterocycles. The van der Waals surface area contributed by atoms with E-state index in [2.05, 4.69) is 5.10 Å². The minimum atomic E-state index is -0.0107. The zero-order valence-corrected chi connectivity index (χ0v) is 14.8. The zero-order valence-electron chi connectivity index (χ0n) is 14.8. The lowest BCUT2D eigenvalue weighted by Gasteiger charge is -2.27. The van der Waals surface area contributed by atoms with Gasteiger partial charge in [-0.2, -0.15) is 5.10 Å². The van der Waals surface area contributed by atoms with Gasteiger partial charge >= 0.3 is 0 Å². The van der Waals surface area contributed by atoms with Crippen LogP contribution in [0.15, 0.2) is 36.5 Å². The monoisotopic (exact) mass is 352 g/mol. The van der Waals surface area contributed by atoms with Gasteiger partial charge in [-0.15, -0.1) is 0 Å². The molecule has 1 fully saturated rings. The summed E-state index contributed by atoms with van der Waals surface area (Å²) in [7, 11) is 3.46. The van der Waals surface area contributed by atoms with Crippen LogP contribution >= 0.6 is 0 Å². The van der Waals surface area contributed by atoms with E-state index in [1.165, 1.54) is 0 Å². The summed E-state index contributed by atoms with van der Waals surface area (Å²) in [4.78, 5) is 19.6. The van der Waals surface area contributed by atoms with Gasteiger partial charge in [-0.25, -0.2) is 4.98 Å². The van der Waals surface area contributed by atoms with Gasteiger partial charge in [-0.05, 0) is 30.3 Å². The van der Waals surface area contributed by atoms with Crippen LogP contribution in [-0.4, -0.2) is 59.0 Å². The predicted octanol–water partition coefficient (Wildman–Crippen LogP) is 2.12. The number of rotatable bonds is 3. The summed E-state index contributed by atoms with van der Waals surface area (Å²) in [6.07, 6.45) is 1.70. The van der Waals surface area contributed by atoms with Crippen molar-refractivity contribution in [1.82, 2.24) is 19.7 Å². The van der Waals surface area contributed by atoms with Crippen LogP contribution in [0, 0.1) is 0 Å². The fourth-order valence-electron chi connectivity index (χ4n) is 3.14. The second kappa shape index (κ2) is 6.76. The highest BCUT2D eigenvalue weighted by atomic mass is 16.5. The molecule has 4 rings (SSSR count). The minimum Gasteiger partial charge on any atom is -0.497 e. The SMILES string of the molecule is COc1ccc(-c2cc(C(=O)N3CCOCC3)c3cnn(C)c3n2)cc1. The van der Waals surface area contributed by atoms with Crippen molar-refractivity contribution in [1.29, 1.82) is 0 Å². The number of hydrogen-bond donors (Lipinski definition) is 0. The number of methoxy groups -OCH3 is 1. The van der Waals surface area contributed by atoms with Gasteiger partial charge in [0.25, 0.3) is 5.91 Å². The maximum Gasteiger partial charge on any atom is 0.254 e. The minimum absolute atomic E-state index is 0.0107. The lowest BCUT2D eigenvalue weighted by Crippen LogP contribution is -2.40. The molecule has 0 saturated carbocycles. The van der Waals surface area contributed by atoms with E-state index in [4.69, 9.17) is 14.5 Å². The molecule has 0 unspecified atom stereocenters. The van der Waals surface area contributed by atoms with Crippen LogP contribution in [0.3, 0.4) is 0 Å². The van der Waals surface area contributed by atoms with Gasteiger partial charge in [0.2, 0.25) is 0 Å². The number of amides is 1. The highest BCUT2D eigenvalue weighted by molar-refractivity contribution is 6.06. The van der Waals surface area contributed by atoms with Crippen LogP contribution in [0.4, 0.5) is 0 Å². The highest BCUT2D eigenvalue weighted by Crippen LogP contribution is 2.27. The number of ether oxygens (including phenoxy) is 2. The summed E-state index contributed by atoms with van der Waals surface area (Å²) in [6, 6.07) is 9.49. The molecular formula is C19H20N4O3. The number of hydrogen-bond acceptors (Lipinski definition) is 5. The quantitative estimate of drug-likeness (QED) is 0.722. The normalized spacial score (nSPS) is 14.6. The van der Waals surface area contributed by atoms with Crippen LogP contribution < -0.4 is 4.74 Å². The third-order valence-corrected chi connectivity index (χ3v) is 4.62. The van der Waals surface area contributed by atoms with Crippen molar-refractivity contribution in [3.8, 4) is 17.0 Å². The Morgan fingerprint density at radius 3 is 2.62 bits per heavy atom. The first-order valence-electron chi connectivity index (χ1n) is 8.51. The van der Waals surface area contributed by atoms with E-state index in [1.807, 2.05) is 42.3 Å². The summed E-state index contributed by atoms with van der Waals surface area (Å²) in [6.45, 7) is 2.33. The molecule has 26 heavy (non-hydrogen) atoms. The Hall–Kier alpha value is -2.93. The molecule has 0 N–H and O–H groups in total. The van der Waals surface area contributed by atoms with Crippen LogP contribution in [0.25, 0.3) is 22.3 Å². The Bertz CT molecular complexity index is 943. The maximum absolute atomic E-state index is 13.1. The van der Waals surface area contributed by atoms with Crippen LogP contribution in [-0.2, 0) is 11.8 Å². The maximum atomic E-state index is 13.1. The summed E-state index contributed by atoms with van der Waals surface area (Å²) >= 11 is 0. The fraction of sp³-hybridized carbons (Fsp3) is 0.316. The molecule has 1 saturated heterocycles. The number of carbonyl (C=O) groups excluding carboxylic acids is 1. The Balaban J connectivity index is 1.81. The molecule has 0 atom stereocenters. The fourth-order valence-corrected chi connectivity index (χ4v) is 3.14. The second-order valence-corrected chi connectivity index (χ2v) is 6.19. The number of aryl methyl sites for hydroxylation is 1. The van der Waals surface area contributed by atoms with Crippen molar-refractivity contribution < 1.29 is 14.3 Å². The van der Waals surface area contributed by atoms with Gasteiger partial charge in [0, 0.05) is 25.7 Å². The molecule has 1 aliphatic rings. The highest BCUT2D eigenvalue weighted by Gasteiger charge is 2.23. The van der Waals surface area contributed by atoms with Gasteiger partial charge in [0.15, 0.2) is 5.65 Å². The second-order valence-electron chi connectivity index (χ2n) is 6.19. The van der Waals surface area contributed by atoms with E-state index in [-0.39, 0.29) is 5.91 Å². The van der Waals surface area contributed by atoms with E-state index in [1.54, 1.807) is 18.0 Å². The predicted molar refractivity (Wildman–Crippen MR) is 97.2 cm³/mol. The van der Waals surface area contributed by atoms with Crippen molar-refractivity contribution in [2.24, 2.45) is 7.05 Å². The van der Waals surface area contributed by atoms with E-state index in [9.17, 15) is 4.79 Å². The van der Waals surface area contributed by atoms with Crippen LogP contribution in [0.1, 0.15) is 10.4 Å².